The number of nitrogens with zero attached hydrogens (tertiary/aromatic N) is 4. The molecule has 3 aromatic rings. The van der Waals surface area contributed by atoms with Gasteiger partial charge in [-0.2, -0.15) is 5.10 Å². The van der Waals surface area contributed by atoms with Crippen molar-refractivity contribution in [2.75, 3.05) is 7.05 Å². The van der Waals surface area contributed by atoms with Crippen LogP contribution in [-0.4, -0.2) is 32.6 Å². The molecular formula is C17H14ClFN4O. The predicted octanol–water partition coefficient (Wildman–Crippen LogP) is 3.33. The van der Waals surface area contributed by atoms with Gasteiger partial charge < -0.3 is 4.90 Å². The van der Waals surface area contributed by atoms with Gasteiger partial charge in [0, 0.05) is 26.0 Å². The molecule has 0 spiro atoms. The number of hydrogen-bond donors (Lipinski definition) is 0. The van der Waals surface area contributed by atoms with Gasteiger partial charge in [0.15, 0.2) is 5.69 Å². The lowest BCUT2D eigenvalue weighted by Gasteiger charge is -2.15. The Morgan fingerprint density at radius 1 is 1.29 bits per heavy atom. The first-order valence-corrected chi connectivity index (χ1v) is 7.58. The highest BCUT2D eigenvalue weighted by atomic mass is 35.5. The third kappa shape index (κ3) is 3.60. The molecule has 24 heavy (non-hydrogen) atoms. The van der Waals surface area contributed by atoms with Crippen LogP contribution in [0.1, 0.15) is 16.1 Å². The van der Waals surface area contributed by atoms with Crippen molar-refractivity contribution in [1.29, 1.82) is 0 Å². The molecule has 0 radical (unpaired) electrons. The molecule has 122 valence electrons. The van der Waals surface area contributed by atoms with Crippen molar-refractivity contribution in [2.24, 2.45) is 0 Å². The van der Waals surface area contributed by atoms with E-state index in [1.807, 2.05) is 6.07 Å². The molecule has 0 aliphatic heterocycles. The Kier molecular flexibility index (Phi) is 4.57. The first kappa shape index (κ1) is 16.1. The van der Waals surface area contributed by atoms with Crippen LogP contribution in [0.3, 0.4) is 0 Å². The predicted molar refractivity (Wildman–Crippen MR) is 88.6 cm³/mol. The molecule has 0 saturated carbocycles. The molecular weight excluding hydrogens is 331 g/mol. The third-order valence-corrected chi connectivity index (χ3v) is 3.66. The summed E-state index contributed by atoms with van der Waals surface area (Å²) in [5.41, 5.74) is 1.70. The van der Waals surface area contributed by atoms with Gasteiger partial charge in [-0.05, 0) is 35.9 Å². The second-order valence-corrected chi connectivity index (χ2v) is 5.66. The summed E-state index contributed by atoms with van der Waals surface area (Å²) in [6, 6.07) is 11.1. The minimum Gasteiger partial charge on any atom is -0.336 e. The van der Waals surface area contributed by atoms with Gasteiger partial charge in [-0.15, -0.1) is 0 Å². The van der Waals surface area contributed by atoms with Crippen molar-refractivity contribution in [2.45, 2.75) is 6.54 Å². The largest absolute Gasteiger partial charge is 0.336 e. The molecule has 2 aromatic heterocycles. The van der Waals surface area contributed by atoms with Crippen molar-refractivity contribution in [3.8, 4) is 5.69 Å². The molecule has 0 saturated heterocycles. The summed E-state index contributed by atoms with van der Waals surface area (Å²) in [6.07, 6.45) is 3.25. The van der Waals surface area contributed by atoms with Crippen LogP contribution in [-0.2, 0) is 6.54 Å². The standard InChI is InChI=1S/C17H14ClFN4O/c1-22(11-12-5-6-16(18)20-10-12)17(24)15-7-8-23(21-15)14-4-2-3-13(19)9-14/h2-10H,11H2,1H3. The number of aromatic nitrogens is 3. The third-order valence-electron chi connectivity index (χ3n) is 3.44. The summed E-state index contributed by atoms with van der Waals surface area (Å²) in [7, 11) is 1.68. The molecule has 0 atom stereocenters. The van der Waals surface area contributed by atoms with Crippen LogP contribution < -0.4 is 0 Å². The maximum Gasteiger partial charge on any atom is 0.274 e. The molecule has 3 rings (SSSR count). The van der Waals surface area contributed by atoms with E-state index in [-0.39, 0.29) is 17.4 Å². The average molecular weight is 345 g/mol. The van der Waals surface area contributed by atoms with Crippen LogP contribution >= 0.6 is 11.6 Å². The SMILES string of the molecule is CN(Cc1ccc(Cl)nc1)C(=O)c1ccn(-c2cccc(F)c2)n1. The van der Waals surface area contributed by atoms with Crippen LogP contribution in [0.25, 0.3) is 5.69 Å². The average Bonchev–Trinajstić information content (AvgIpc) is 3.06. The Hall–Kier alpha value is -2.73. The molecule has 0 bridgehead atoms. The first-order chi connectivity index (χ1) is 11.5. The Labute approximate surface area is 143 Å². The van der Waals surface area contributed by atoms with Crippen molar-refractivity contribution in [1.82, 2.24) is 19.7 Å². The van der Waals surface area contributed by atoms with Crippen LogP contribution in [0.15, 0.2) is 54.9 Å². The monoisotopic (exact) mass is 344 g/mol. The molecule has 0 aliphatic rings. The van der Waals surface area contributed by atoms with Crippen molar-refractivity contribution < 1.29 is 9.18 Å². The van der Waals surface area contributed by atoms with Gasteiger partial charge in [-0.1, -0.05) is 23.7 Å². The molecule has 1 amide bonds. The highest BCUT2D eigenvalue weighted by molar-refractivity contribution is 6.29. The van der Waals surface area contributed by atoms with Crippen LogP contribution in [0.4, 0.5) is 4.39 Å². The molecule has 1 aromatic carbocycles. The maximum absolute atomic E-state index is 13.3. The zero-order valence-corrected chi connectivity index (χ0v) is 13.6. The van der Waals surface area contributed by atoms with Crippen LogP contribution in [0.2, 0.25) is 5.15 Å². The smallest absolute Gasteiger partial charge is 0.274 e. The van der Waals surface area contributed by atoms with E-state index in [1.165, 1.54) is 21.7 Å². The van der Waals surface area contributed by atoms with Gasteiger partial charge in [-0.25, -0.2) is 14.1 Å². The fourth-order valence-corrected chi connectivity index (χ4v) is 2.35. The van der Waals surface area contributed by atoms with Gasteiger partial charge in [0.05, 0.1) is 5.69 Å². The van der Waals surface area contributed by atoms with E-state index in [1.54, 1.807) is 43.7 Å². The number of pyridine rings is 1. The highest BCUT2D eigenvalue weighted by Crippen LogP contribution is 2.12. The number of carbonyl (C=O) groups is 1. The van der Waals surface area contributed by atoms with E-state index in [0.29, 0.717) is 17.4 Å². The fourth-order valence-electron chi connectivity index (χ4n) is 2.24. The van der Waals surface area contributed by atoms with Gasteiger partial charge in [-0.3, -0.25) is 4.79 Å². The molecule has 2 heterocycles. The quantitative estimate of drug-likeness (QED) is 0.682. The van der Waals surface area contributed by atoms with Gasteiger partial charge in [0.25, 0.3) is 5.91 Å². The van der Waals surface area contributed by atoms with E-state index in [9.17, 15) is 9.18 Å². The lowest BCUT2D eigenvalue weighted by molar-refractivity contribution is 0.0778. The second kappa shape index (κ2) is 6.80. The Morgan fingerprint density at radius 2 is 2.12 bits per heavy atom. The summed E-state index contributed by atoms with van der Waals surface area (Å²) in [4.78, 5) is 18.0. The number of hydrogen-bond acceptors (Lipinski definition) is 3. The van der Waals surface area contributed by atoms with Gasteiger partial charge in [0.1, 0.15) is 11.0 Å². The molecule has 7 heteroatoms. The fraction of sp³-hybridized carbons (Fsp3) is 0.118. The van der Waals surface area contributed by atoms with E-state index in [4.69, 9.17) is 11.6 Å². The number of amides is 1. The van der Waals surface area contributed by atoms with E-state index >= 15 is 0 Å². The molecule has 0 aliphatic carbocycles. The zero-order valence-electron chi connectivity index (χ0n) is 12.9. The van der Waals surface area contributed by atoms with Crippen molar-refractivity contribution >= 4 is 17.5 Å². The summed E-state index contributed by atoms with van der Waals surface area (Å²) in [6.45, 7) is 0.385. The zero-order chi connectivity index (χ0) is 17.1. The highest BCUT2D eigenvalue weighted by Gasteiger charge is 2.15. The van der Waals surface area contributed by atoms with Crippen molar-refractivity contribution in [3.63, 3.8) is 0 Å². The minimum absolute atomic E-state index is 0.236. The summed E-state index contributed by atoms with van der Waals surface area (Å²) in [5.74, 6) is -0.594. The lowest BCUT2D eigenvalue weighted by atomic mass is 10.2. The maximum atomic E-state index is 13.3. The Balaban J connectivity index is 1.74. The summed E-state index contributed by atoms with van der Waals surface area (Å²) >= 11 is 5.75. The van der Waals surface area contributed by atoms with Gasteiger partial charge >= 0.3 is 0 Å². The van der Waals surface area contributed by atoms with E-state index in [2.05, 4.69) is 10.1 Å². The lowest BCUT2D eigenvalue weighted by Crippen LogP contribution is -2.26. The molecule has 0 N–H and O–H groups in total. The molecule has 5 nitrogen and oxygen atoms in total. The Bertz CT molecular complexity index is 863. The topological polar surface area (TPSA) is 51.0 Å². The normalized spacial score (nSPS) is 10.6. The number of carbonyl (C=O) groups excluding carboxylic acids is 1. The molecule has 0 unspecified atom stereocenters. The Morgan fingerprint density at radius 3 is 2.83 bits per heavy atom. The first-order valence-electron chi connectivity index (χ1n) is 7.20. The summed E-state index contributed by atoms with van der Waals surface area (Å²) < 4.78 is 14.8. The second-order valence-electron chi connectivity index (χ2n) is 5.28. The van der Waals surface area contributed by atoms with Gasteiger partial charge in [0.2, 0.25) is 0 Å². The van der Waals surface area contributed by atoms with Crippen LogP contribution in [0, 0.1) is 5.82 Å². The minimum atomic E-state index is -0.358. The number of halogens is 2. The van der Waals surface area contributed by atoms with E-state index < -0.39 is 0 Å². The summed E-state index contributed by atoms with van der Waals surface area (Å²) in [5, 5.41) is 4.62. The van der Waals surface area contributed by atoms with Crippen LogP contribution in [0.5, 0.6) is 0 Å². The number of benzene rings is 1. The van der Waals surface area contributed by atoms with E-state index in [0.717, 1.165) is 5.56 Å². The molecule has 0 fully saturated rings. The number of rotatable bonds is 4. The van der Waals surface area contributed by atoms with Crippen molar-refractivity contribution in [3.05, 3.63) is 77.1 Å².